The van der Waals surface area contributed by atoms with Crippen LogP contribution in [-0.2, 0) is 0 Å². The van der Waals surface area contributed by atoms with Crippen LogP contribution in [-0.4, -0.2) is 49.7 Å². The van der Waals surface area contributed by atoms with Gasteiger partial charge in [0, 0.05) is 51.8 Å². The Morgan fingerprint density at radius 2 is 1.39 bits per heavy atom. The van der Waals surface area contributed by atoms with E-state index in [1.165, 1.54) is 18.2 Å². The molecule has 0 amide bonds. The third-order valence-electron chi connectivity index (χ3n) is 8.30. The fraction of sp³-hybridized carbons (Fsp3) is 0.344. The summed E-state index contributed by atoms with van der Waals surface area (Å²) in [6, 6.07) is 15.8. The first-order valence-corrected chi connectivity index (χ1v) is 14.4. The van der Waals surface area contributed by atoms with Gasteiger partial charge in [0.2, 0.25) is 0 Å². The number of benzene rings is 2. The van der Waals surface area contributed by atoms with Gasteiger partial charge < -0.3 is 14.2 Å². The van der Waals surface area contributed by atoms with Crippen molar-refractivity contribution in [2.75, 3.05) is 6.54 Å². The first-order chi connectivity index (χ1) is 19.5. The van der Waals surface area contributed by atoms with Gasteiger partial charge in [-0.2, -0.15) is 0 Å². The van der Waals surface area contributed by atoms with Crippen molar-refractivity contribution in [1.29, 1.82) is 0 Å². The summed E-state index contributed by atoms with van der Waals surface area (Å²) in [5.74, 6) is -0.821. The Labute approximate surface area is 248 Å². The molecule has 2 aliphatic rings. The van der Waals surface area contributed by atoms with Crippen LogP contribution in [0.2, 0.25) is 10.0 Å². The van der Waals surface area contributed by atoms with Gasteiger partial charge >= 0.3 is 0 Å². The lowest BCUT2D eigenvalue weighted by molar-refractivity contribution is 0.0873. The Balaban J connectivity index is 0.000000191. The minimum absolute atomic E-state index is 0.0461. The molecule has 4 heterocycles. The molecule has 5 nitrogen and oxygen atoms in total. The number of carbonyl (C=O) groups excluding carboxylic acids is 1. The number of aliphatic hydroxyl groups excluding tert-OH is 1. The van der Waals surface area contributed by atoms with Gasteiger partial charge in [-0.3, -0.25) is 9.69 Å². The third-order valence-corrected chi connectivity index (χ3v) is 8.91. The van der Waals surface area contributed by atoms with E-state index in [1.54, 1.807) is 12.1 Å². The highest BCUT2D eigenvalue weighted by Gasteiger charge is 2.46. The molecule has 216 valence electrons. The van der Waals surface area contributed by atoms with E-state index < -0.39 is 5.82 Å². The Kier molecular flexibility index (Phi) is 8.44. The number of carbonyl (C=O) groups is 1. The van der Waals surface area contributed by atoms with E-state index >= 15 is 0 Å². The lowest BCUT2D eigenvalue weighted by Gasteiger charge is -2.21. The highest BCUT2D eigenvalue weighted by atomic mass is 35.5. The van der Waals surface area contributed by atoms with Crippen LogP contribution >= 0.6 is 23.2 Å². The molecule has 1 N–H and O–H groups in total. The first kappa shape index (κ1) is 29.5. The molecule has 0 spiro atoms. The summed E-state index contributed by atoms with van der Waals surface area (Å²) in [4.78, 5) is 15.1. The monoisotopic (exact) mass is 599 g/mol. The fourth-order valence-corrected chi connectivity index (χ4v) is 6.57. The van der Waals surface area contributed by atoms with Gasteiger partial charge in [0.15, 0.2) is 5.78 Å². The number of halogens is 4. The summed E-state index contributed by atoms with van der Waals surface area (Å²) in [5, 5.41) is 10.3. The maximum atomic E-state index is 13.9. The Bertz CT molecular complexity index is 1590. The zero-order chi connectivity index (χ0) is 29.6. The van der Waals surface area contributed by atoms with Crippen molar-refractivity contribution in [3.05, 3.63) is 105 Å². The van der Waals surface area contributed by atoms with E-state index in [0.29, 0.717) is 23.8 Å². The van der Waals surface area contributed by atoms with E-state index in [-0.39, 0.29) is 33.8 Å². The molecule has 2 unspecified atom stereocenters. The lowest BCUT2D eigenvalue weighted by atomic mass is 9.98. The molecule has 2 saturated heterocycles. The second kappa shape index (κ2) is 11.7. The van der Waals surface area contributed by atoms with E-state index in [1.807, 2.05) is 61.1 Å². The van der Waals surface area contributed by atoms with E-state index in [2.05, 4.69) is 4.90 Å². The summed E-state index contributed by atoms with van der Waals surface area (Å²) >= 11 is 11.4. The zero-order valence-corrected chi connectivity index (χ0v) is 25.0. The van der Waals surface area contributed by atoms with Gasteiger partial charge in [0.05, 0.1) is 22.7 Å². The smallest absolute Gasteiger partial charge is 0.178 e. The number of fused-ring (bicyclic) bond motifs is 2. The maximum absolute atomic E-state index is 13.9. The van der Waals surface area contributed by atoms with Crippen LogP contribution in [0.25, 0.3) is 11.4 Å². The van der Waals surface area contributed by atoms with E-state index in [9.17, 15) is 18.7 Å². The number of aromatic nitrogens is 2. The molecule has 2 aromatic heterocycles. The van der Waals surface area contributed by atoms with Crippen LogP contribution in [0.5, 0.6) is 0 Å². The first-order valence-electron chi connectivity index (χ1n) is 13.7. The van der Waals surface area contributed by atoms with Crippen molar-refractivity contribution < 1.29 is 18.7 Å². The molecule has 41 heavy (non-hydrogen) atoms. The molecule has 3 atom stereocenters. The molecule has 2 aromatic carbocycles. The average Bonchev–Trinajstić information content (AvgIpc) is 3.64. The Morgan fingerprint density at radius 3 is 1.88 bits per heavy atom. The molecule has 0 radical (unpaired) electrons. The Hall–Kier alpha value is -2.97. The molecule has 0 aliphatic carbocycles. The molecule has 4 aromatic rings. The number of ketones is 1. The van der Waals surface area contributed by atoms with Crippen LogP contribution < -0.4 is 0 Å². The lowest BCUT2D eigenvalue weighted by Crippen LogP contribution is -2.36. The zero-order valence-electron chi connectivity index (χ0n) is 23.5. The van der Waals surface area contributed by atoms with Gasteiger partial charge in [-0.25, -0.2) is 8.78 Å². The number of aliphatic hydroxyl groups is 1. The molecule has 9 heteroatoms. The molecule has 2 aliphatic heterocycles. The van der Waals surface area contributed by atoms with Crippen LogP contribution in [0.4, 0.5) is 8.78 Å². The number of aryl methyl sites for hydroxylation is 3. The third kappa shape index (κ3) is 5.73. The quantitative estimate of drug-likeness (QED) is 0.241. The molecule has 2 fully saturated rings. The van der Waals surface area contributed by atoms with Crippen LogP contribution in [0.15, 0.2) is 54.6 Å². The van der Waals surface area contributed by atoms with Crippen molar-refractivity contribution in [1.82, 2.24) is 14.0 Å². The molecular formula is C32H33Cl2F2N3O2. The van der Waals surface area contributed by atoms with Gasteiger partial charge in [0.1, 0.15) is 11.6 Å². The number of hydrogen-bond donors (Lipinski definition) is 1. The van der Waals surface area contributed by atoms with Gasteiger partial charge in [0.25, 0.3) is 0 Å². The van der Waals surface area contributed by atoms with Crippen molar-refractivity contribution in [3.8, 4) is 11.4 Å². The summed E-state index contributed by atoms with van der Waals surface area (Å²) < 4.78 is 31.0. The van der Waals surface area contributed by atoms with Gasteiger partial charge in [-0.15, -0.1) is 0 Å². The topological polar surface area (TPSA) is 50.4 Å². The largest absolute Gasteiger partial charge is 0.391 e. The summed E-state index contributed by atoms with van der Waals surface area (Å²) in [7, 11) is 0. The maximum Gasteiger partial charge on any atom is 0.178 e. The number of hydrogen-bond acceptors (Lipinski definition) is 3. The number of rotatable bonds is 5. The van der Waals surface area contributed by atoms with Gasteiger partial charge in [-0.1, -0.05) is 23.2 Å². The summed E-state index contributed by atoms with van der Waals surface area (Å²) in [6.45, 7) is 8.07. The molecule has 2 bridgehead atoms. The highest BCUT2D eigenvalue weighted by Crippen LogP contribution is 2.38. The molecule has 6 rings (SSSR count). The second-order valence-electron chi connectivity index (χ2n) is 11.0. The molecular weight excluding hydrogens is 567 g/mol. The van der Waals surface area contributed by atoms with Crippen molar-refractivity contribution >= 4 is 29.0 Å². The highest BCUT2D eigenvalue weighted by molar-refractivity contribution is 6.31. The fourth-order valence-electron chi connectivity index (χ4n) is 6.33. The minimum atomic E-state index is -0.479. The van der Waals surface area contributed by atoms with Crippen LogP contribution in [0.1, 0.15) is 52.4 Å². The normalized spacial score (nSPS) is 19.9. The van der Waals surface area contributed by atoms with Crippen molar-refractivity contribution in [2.24, 2.45) is 0 Å². The minimum Gasteiger partial charge on any atom is -0.391 e. The van der Waals surface area contributed by atoms with Crippen molar-refractivity contribution in [3.63, 3.8) is 0 Å². The van der Waals surface area contributed by atoms with Crippen LogP contribution in [0.3, 0.4) is 0 Å². The standard InChI is InChI=1S/C20H22ClFN2O2.C12H11ClFN/c1-11-7-15(12(2)24(11)14-3-5-16(21)17(22)8-14)20(26)10-23-13-4-6-18(23)19(25)9-13;1-8-3-4-9(2)15(8)10-5-6-11(13)12(14)7-10/h3,5,7-8,13,18-19,25H,4,6,9-10H2,1-2H3;3-7H,1-2H3/t13?,18?,19-;/m0./s1. The summed E-state index contributed by atoms with van der Waals surface area (Å²) in [5.41, 5.74) is 5.93. The van der Waals surface area contributed by atoms with Gasteiger partial charge in [-0.05, 0) is 102 Å². The Morgan fingerprint density at radius 1 is 0.829 bits per heavy atom. The van der Waals surface area contributed by atoms with Crippen molar-refractivity contribution in [2.45, 2.75) is 65.1 Å². The number of Topliss-reactive ketones (excluding diaryl/α,β-unsaturated/α-hetero) is 1. The average molecular weight is 601 g/mol. The summed E-state index contributed by atoms with van der Waals surface area (Å²) in [6.07, 6.45) is 2.47. The SMILES string of the molecule is Cc1cc(C(=O)CN2C3CCC2[C@@H](O)C3)c(C)n1-c1ccc(Cl)c(F)c1.Cc1ccc(C)n1-c1ccc(Cl)c(F)c1. The van der Waals surface area contributed by atoms with E-state index in [0.717, 1.165) is 47.7 Å². The molecule has 0 saturated carbocycles. The van der Waals surface area contributed by atoms with E-state index in [4.69, 9.17) is 23.2 Å². The van der Waals surface area contributed by atoms with Crippen LogP contribution in [0, 0.1) is 39.3 Å². The second-order valence-corrected chi connectivity index (χ2v) is 11.8. The predicted molar refractivity (Wildman–Crippen MR) is 159 cm³/mol. The number of nitrogens with zero attached hydrogens (tertiary/aromatic N) is 3. The predicted octanol–water partition coefficient (Wildman–Crippen LogP) is 7.55.